The molecule has 0 unspecified atom stereocenters. The molecule has 0 aliphatic carbocycles. The minimum atomic E-state index is 0.527. The minimum Gasteiger partial charge on any atom is -0.492 e. The molecule has 1 spiro atoms. The smallest absolute Gasteiger partial charge is 0.122 e. The molecule has 0 atom stereocenters. The number of nitrogens with zero attached hydrogens (tertiary/aromatic N) is 1. The number of likely N-dealkylation sites (N-methyl/N-ethyl adjacent to an activating group) is 1. The lowest BCUT2D eigenvalue weighted by molar-refractivity contribution is 0.103. The van der Waals surface area contributed by atoms with Crippen molar-refractivity contribution >= 4 is 0 Å². The van der Waals surface area contributed by atoms with Crippen molar-refractivity contribution < 1.29 is 4.74 Å². The van der Waals surface area contributed by atoms with Gasteiger partial charge >= 0.3 is 0 Å². The summed E-state index contributed by atoms with van der Waals surface area (Å²) < 4.78 is 6.05. The average molecular weight is 302 g/mol. The van der Waals surface area contributed by atoms with Crippen LogP contribution in [0.1, 0.15) is 37.7 Å². The molecule has 22 heavy (non-hydrogen) atoms. The van der Waals surface area contributed by atoms with Crippen molar-refractivity contribution in [1.82, 2.24) is 10.2 Å². The Morgan fingerprint density at radius 3 is 2.77 bits per heavy atom. The normalized spacial score (nSPS) is 23.9. The van der Waals surface area contributed by atoms with Gasteiger partial charge in [-0.3, -0.25) is 0 Å². The molecule has 3 nitrogen and oxygen atoms in total. The largest absolute Gasteiger partial charge is 0.492 e. The molecular formula is C19H30N2O. The van der Waals surface area contributed by atoms with Gasteiger partial charge in [0.15, 0.2) is 0 Å². The van der Waals surface area contributed by atoms with Gasteiger partial charge in [0.2, 0.25) is 0 Å². The number of piperidine rings is 1. The lowest BCUT2D eigenvalue weighted by Crippen LogP contribution is -2.44. The van der Waals surface area contributed by atoms with E-state index in [9.17, 15) is 0 Å². The van der Waals surface area contributed by atoms with Crippen molar-refractivity contribution in [3.63, 3.8) is 0 Å². The van der Waals surface area contributed by atoms with Gasteiger partial charge in [0, 0.05) is 13.1 Å². The zero-order chi connectivity index (χ0) is 15.3. The van der Waals surface area contributed by atoms with Crippen molar-refractivity contribution in [3.8, 4) is 5.75 Å². The third kappa shape index (κ3) is 4.02. The molecule has 3 heteroatoms. The number of rotatable bonds is 0. The van der Waals surface area contributed by atoms with Gasteiger partial charge < -0.3 is 15.0 Å². The van der Waals surface area contributed by atoms with Crippen LogP contribution >= 0.6 is 0 Å². The predicted molar refractivity (Wildman–Crippen MR) is 91.5 cm³/mol. The monoisotopic (exact) mass is 302 g/mol. The van der Waals surface area contributed by atoms with Crippen molar-refractivity contribution in [2.75, 3.05) is 39.8 Å². The van der Waals surface area contributed by atoms with Crippen LogP contribution in [-0.4, -0.2) is 44.7 Å². The molecule has 3 rings (SSSR count). The fourth-order valence-corrected chi connectivity index (χ4v) is 4.07. The van der Waals surface area contributed by atoms with E-state index in [0.29, 0.717) is 5.41 Å². The molecule has 2 aliphatic rings. The molecule has 0 saturated carbocycles. The summed E-state index contributed by atoms with van der Waals surface area (Å²) >= 11 is 0. The van der Waals surface area contributed by atoms with Gasteiger partial charge in [0.1, 0.15) is 12.4 Å². The van der Waals surface area contributed by atoms with Crippen LogP contribution in [0.3, 0.4) is 0 Å². The first-order chi connectivity index (χ1) is 10.8. The number of hydrogen-bond donors (Lipinski definition) is 1. The standard InChI is InChI=1S/C19H30N2O/c1-21-14-15-22-18-8-3-2-6-17(18)7-4-5-9-19(16-21)10-12-20-13-11-19/h2-3,6,8,20H,4-5,7,9-16H2,1H3. The summed E-state index contributed by atoms with van der Waals surface area (Å²) in [7, 11) is 2.25. The maximum Gasteiger partial charge on any atom is 0.122 e. The Hall–Kier alpha value is -1.06. The predicted octanol–water partition coefficient (Wildman–Crippen LogP) is 3.09. The highest BCUT2D eigenvalue weighted by Crippen LogP contribution is 2.36. The van der Waals surface area contributed by atoms with Gasteiger partial charge in [0.05, 0.1) is 0 Å². The lowest BCUT2D eigenvalue weighted by atomic mass is 9.74. The fourth-order valence-electron chi connectivity index (χ4n) is 4.07. The van der Waals surface area contributed by atoms with Crippen LogP contribution in [0.4, 0.5) is 0 Å². The second-order valence-corrected chi connectivity index (χ2v) is 7.15. The quantitative estimate of drug-likeness (QED) is 0.797. The second kappa shape index (κ2) is 7.47. The SMILES string of the molecule is CN1CCOc2ccccc2CCCCC2(CCNCC2)C1. The van der Waals surface area contributed by atoms with Gasteiger partial charge in [-0.15, -0.1) is 0 Å². The van der Waals surface area contributed by atoms with E-state index in [4.69, 9.17) is 4.74 Å². The summed E-state index contributed by atoms with van der Waals surface area (Å²) in [5.41, 5.74) is 1.91. The molecule has 0 aromatic heterocycles. The van der Waals surface area contributed by atoms with E-state index in [1.807, 2.05) is 0 Å². The first kappa shape index (κ1) is 15.8. The van der Waals surface area contributed by atoms with Crippen LogP contribution in [0.5, 0.6) is 5.75 Å². The highest BCUT2D eigenvalue weighted by molar-refractivity contribution is 5.33. The number of fused-ring (bicyclic) bond motifs is 1. The van der Waals surface area contributed by atoms with Crippen LogP contribution in [0.2, 0.25) is 0 Å². The third-order valence-electron chi connectivity index (χ3n) is 5.38. The Morgan fingerprint density at radius 2 is 1.91 bits per heavy atom. The molecule has 1 fully saturated rings. The maximum atomic E-state index is 6.05. The summed E-state index contributed by atoms with van der Waals surface area (Å²) in [6.07, 6.45) is 7.80. The van der Waals surface area contributed by atoms with Crippen LogP contribution < -0.4 is 10.1 Å². The number of benzene rings is 1. The molecule has 1 N–H and O–H groups in total. The van der Waals surface area contributed by atoms with Crippen molar-refractivity contribution in [1.29, 1.82) is 0 Å². The van der Waals surface area contributed by atoms with Crippen LogP contribution in [0.25, 0.3) is 0 Å². The summed E-state index contributed by atoms with van der Waals surface area (Å²) in [6.45, 7) is 5.41. The van der Waals surface area contributed by atoms with Gasteiger partial charge in [-0.05, 0) is 69.3 Å². The fraction of sp³-hybridized carbons (Fsp3) is 0.684. The minimum absolute atomic E-state index is 0.527. The van der Waals surface area contributed by atoms with E-state index in [-0.39, 0.29) is 0 Å². The Labute approximate surface area is 135 Å². The first-order valence-corrected chi connectivity index (χ1v) is 8.87. The van der Waals surface area contributed by atoms with Gasteiger partial charge in [0.25, 0.3) is 0 Å². The number of ether oxygens (including phenoxy) is 1. The number of aryl methyl sites for hydroxylation is 1. The summed E-state index contributed by atoms with van der Waals surface area (Å²) in [5, 5.41) is 3.53. The summed E-state index contributed by atoms with van der Waals surface area (Å²) in [6, 6.07) is 8.56. The molecule has 1 aromatic carbocycles. The Balaban J connectivity index is 1.70. The van der Waals surface area contributed by atoms with Crippen molar-refractivity contribution in [3.05, 3.63) is 29.8 Å². The molecule has 1 aromatic rings. The van der Waals surface area contributed by atoms with E-state index in [1.165, 1.54) is 57.3 Å². The highest BCUT2D eigenvalue weighted by Gasteiger charge is 2.32. The number of para-hydroxylation sites is 1. The van der Waals surface area contributed by atoms with Crippen molar-refractivity contribution in [2.24, 2.45) is 5.41 Å². The van der Waals surface area contributed by atoms with Crippen LogP contribution in [0.15, 0.2) is 24.3 Å². The van der Waals surface area contributed by atoms with E-state index in [2.05, 4.69) is 41.5 Å². The molecule has 2 aliphatic heterocycles. The molecule has 2 heterocycles. The lowest BCUT2D eigenvalue weighted by Gasteiger charge is -2.41. The number of nitrogens with one attached hydrogen (secondary N) is 1. The van der Waals surface area contributed by atoms with E-state index < -0.39 is 0 Å². The van der Waals surface area contributed by atoms with Gasteiger partial charge in [-0.25, -0.2) is 0 Å². The molecule has 122 valence electrons. The van der Waals surface area contributed by atoms with Gasteiger partial charge in [-0.1, -0.05) is 24.6 Å². The zero-order valence-electron chi connectivity index (χ0n) is 13.9. The Morgan fingerprint density at radius 1 is 1.09 bits per heavy atom. The van der Waals surface area contributed by atoms with E-state index in [1.54, 1.807) is 0 Å². The highest BCUT2D eigenvalue weighted by atomic mass is 16.5. The Bertz CT molecular complexity index is 468. The molecular weight excluding hydrogens is 272 g/mol. The average Bonchev–Trinajstić information content (AvgIpc) is 2.53. The van der Waals surface area contributed by atoms with Gasteiger partial charge in [-0.2, -0.15) is 0 Å². The van der Waals surface area contributed by atoms with Crippen molar-refractivity contribution in [2.45, 2.75) is 38.5 Å². The van der Waals surface area contributed by atoms with E-state index in [0.717, 1.165) is 25.3 Å². The molecule has 0 radical (unpaired) electrons. The topological polar surface area (TPSA) is 24.5 Å². The molecule has 0 bridgehead atoms. The summed E-state index contributed by atoms with van der Waals surface area (Å²) in [4.78, 5) is 2.48. The maximum absolute atomic E-state index is 6.05. The van der Waals surface area contributed by atoms with E-state index >= 15 is 0 Å². The number of hydrogen-bond acceptors (Lipinski definition) is 3. The molecule has 1 saturated heterocycles. The zero-order valence-corrected chi connectivity index (χ0v) is 13.9. The first-order valence-electron chi connectivity index (χ1n) is 8.87. The van der Waals surface area contributed by atoms with Crippen LogP contribution in [0, 0.1) is 5.41 Å². The Kier molecular flexibility index (Phi) is 5.37. The third-order valence-corrected chi connectivity index (χ3v) is 5.38. The second-order valence-electron chi connectivity index (χ2n) is 7.15. The molecule has 0 amide bonds. The van der Waals surface area contributed by atoms with Crippen LogP contribution in [-0.2, 0) is 6.42 Å². The summed E-state index contributed by atoms with van der Waals surface area (Å²) in [5.74, 6) is 1.09.